The van der Waals surface area contributed by atoms with Gasteiger partial charge in [-0.15, -0.1) is 5.10 Å². The van der Waals surface area contributed by atoms with Crippen molar-refractivity contribution in [2.45, 2.75) is 6.18 Å². The lowest BCUT2D eigenvalue weighted by molar-refractivity contribution is -0.137. The van der Waals surface area contributed by atoms with Crippen molar-refractivity contribution in [3.63, 3.8) is 0 Å². The van der Waals surface area contributed by atoms with Gasteiger partial charge >= 0.3 is 6.18 Å². The van der Waals surface area contributed by atoms with Crippen molar-refractivity contribution >= 4 is 11.2 Å². The summed E-state index contributed by atoms with van der Waals surface area (Å²) in [4.78, 5) is 13.3. The molecule has 0 saturated carbocycles. The van der Waals surface area contributed by atoms with Gasteiger partial charge in [-0.1, -0.05) is 0 Å². The van der Waals surface area contributed by atoms with Gasteiger partial charge in [-0.2, -0.15) is 13.2 Å². The van der Waals surface area contributed by atoms with E-state index in [1.807, 2.05) is 13.1 Å². The third-order valence-corrected chi connectivity index (χ3v) is 4.64. The topological polar surface area (TPSA) is 74.6 Å². The van der Waals surface area contributed by atoms with E-state index in [1.165, 1.54) is 29.3 Å². The number of rotatable bonds is 3. The summed E-state index contributed by atoms with van der Waals surface area (Å²) in [7, 11) is 1.84. The molecule has 5 aromatic rings. The lowest BCUT2D eigenvalue weighted by atomic mass is 10.2. The number of nitrogens with zero attached hydrogens (tertiary/aromatic N) is 6. The monoisotopic (exact) mass is 410 g/mol. The average Bonchev–Trinajstić information content (AvgIpc) is 3.47. The molecular weight excluding hydrogens is 397 g/mol. The molecule has 0 radical (unpaired) electrons. The lowest BCUT2D eigenvalue weighted by Crippen LogP contribution is -2.06. The van der Waals surface area contributed by atoms with E-state index >= 15 is 0 Å². The summed E-state index contributed by atoms with van der Waals surface area (Å²) in [5.41, 5.74) is 2.34. The van der Waals surface area contributed by atoms with Gasteiger partial charge in [-0.25, -0.2) is 19.6 Å². The zero-order valence-corrected chi connectivity index (χ0v) is 15.5. The fourth-order valence-corrected chi connectivity index (χ4v) is 3.12. The van der Waals surface area contributed by atoms with E-state index < -0.39 is 11.7 Å². The molecule has 4 aromatic heterocycles. The smallest absolute Gasteiger partial charge is 0.416 e. The number of aryl methyl sites for hydroxylation is 1. The molecule has 150 valence electrons. The van der Waals surface area contributed by atoms with Crippen molar-refractivity contribution in [1.82, 2.24) is 29.3 Å². The standard InChI is InChI=1S/C20H13F3N6O/c1-28-11-25-16-8-13(9-24-19(16)28)18-26-17(12-6-7-30-10-12)27-29(18)15-4-2-14(3-5-15)20(21,22)23/h2-11H,1H3. The number of fused-ring (bicyclic) bond motifs is 1. The van der Waals surface area contributed by atoms with Crippen LogP contribution in [0.5, 0.6) is 0 Å². The number of pyridine rings is 1. The van der Waals surface area contributed by atoms with Crippen LogP contribution in [0, 0.1) is 0 Å². The van der Waals surface area contributed by atoms with Gasteiger partial charge in [0.15, 0.2) is 17.3 Å². The van der Waals surface area contributed by atoms with E-state index in [0.29, 0.717) is 39.6 Å². The summed E-state index contributed by atoms with van der Waals surface area (Å²) in [6.45, 7) is 0. The second kappa shape index (κ2) is 6.55. The first-order chi connectivity index (χ1) is 14.4. The van der Waals surface area contributed by atoms with Crippen LogP contribution in [0.15, 0.2) is 65.9 Å². The first kappa shape index (κ1) is 18.1. The van der Waals surface area contributed by atoms with Crippen LogP contribution in [0.4, 0.5) is 13.2 Å². The number of benzene rings is 1. The highest BCUT2D eigenvalue weighted by Crippen LogP contribution is 2.31. The van der Waals surface area contributed by atoms with Crippen LogP contribution in [-0.2, 0) is 13.2 Å². The number of hydrogen-bond acceptors (Lipinski definition) is 5. The summed E-state index contributed by atoms with van der Waals surface area (Å²) >= 11 is 0. The maximum absolute atomic E-state index is 12.9. The molecule has 1 aromatic carbocycles. The van der Waals surface area contributed by atoms with Crippen molar-refractivity contribution in [2.24, 2.45) is 7.05 Å². The Morgan fingerprint density at radius 3 is 2.50 bits per heavy atom. The van der Waals surface area contributed by atoms with Crippen molar-refractivity contribution < 1.29 is 17.6 Å². The van der Waals surface area contributed by atoms with E-state index in [-0.39, 0.29) is 0 Å². The van der Waals surface area contributed by atoms with Crippen molar-refractivity contribution in [2.75, 3.05) is 0 Å². The highest BCUT2D eigenvalue weighted by atomic mass is 19.4. The fourth-order valence-electron chi connectivity index (χ4n) is 3.12. The molecule has 0 fully saturated rings. The van der Waals surface area contributed by atoms with Crippen LogP contribution in [-0.4, -0.2) is 29.3 Å². The maximum atomic E-state index is 12.9. The molecule has 4 heterocycles. The number of hydrogen-bond donors (Lipinski definition) is 0. The number of halogens is 3. The molecule has 0 aliphatic carbocycles. The number of furan rings is 1. The van der Waals surface area contributed by atoms with E-state index in [1.54, 1.807) is 23.2 Å². The Labute approximate surface area is 167 Å². The van der Waals surface area contributed by atoms with Gasteiger partial charge < -0.3 is 8.98 Å². The van der Waals surface area contributed by atoms with Crippen molar-refractivity contribution in [1.29, 1.82) is 0 Å². The van der Waals surface area contributed by atoms with Gasteiger partial charge in [0, 0.05) is 18.8 Å². The van der Waals surface area contributed by atoms with Gasteiger partial charge in [0.1, 0.15) is 11.8 Å². The number of aromatic nitrogens is 6. The molecule has 0 saturated heterocycles. The summed E-state index contributed by atoms with van der Waals surface area (Å²) in [5.74, 6) is 0.797. The highest BCUT2D eigenvalue weighted by Gasteiger charge is 2.30. The van der Waals surface area contributed by atoms with Gasteiger partial charge in [0.25, 0.3) is 0 Å². The molecule has 0 amide bonds. The summed E-state index contributed by atoms with van der Waals surface area (Å²) in [6, 6.07) is 8.25. The minimum atomic E-state index is -4.42. The largest absolute Gasteiger partial charge is 0.472 e. The summed E-state index contributed by atoms with van der Waals surface area (Å²) < 4.78 is 47.2. The van der Waals surface area contributed by atoms with Gasteiger partial charge in [0.05, 0.1) is 29.4 Å². The fraction of sp³-hybridized carbons (Fsp3) is 0.100. The summed E-state index contributed by atoms with van der Waals surface area (Å²) in [6.07, 6.45) is 1.86. The molecule has 7 nitrogen and oxygen atoms in total. The summed E-state index contributed by atoms with van der Waals surface area (Å²) in [5, 5.41) is 4.49. The third-order valence-electron chi connectivity index (χ3n) is 4.64. The Hall–Kier alpha value is -3.95. The van der Waals surface area contributed by atoms with E-state index in [4.69, 9.17) is 4.42 Å². The van der Waals surface area contributed by atoms with Crippen LogP contribution >= 0.6 is 0 Å². The first-order valence-corrected chi connectivity index (χ1v) is 8.85. The molecular formula is C20H13F3N6O. The van der Waals surface area contributed by atoms with E-state index in [9.17, 15) is 13.2 Å². The molecule has 0 aliphatic rings. The minimum absolute atomic E-state index is 0.375. The molecule has 0 bridgehead atoms. The van der Waals surface area contributed by atoms with Crippen LogP contribution in [0.2, 0.25) is 0 Å². The molecule has 5 rings (SSSR count). The Kier molecular flexibility index (Phi) is 3.95. The first-order valence-electron chi connectivity index (χ1n) is 8.85. The Bertz CT molecular complexity index is 1330. The van der Waals surface area contributed by atoms with Gasteiger partial charge in [-0.3, -0.25) is 0 Å². The molecule has 0 atom stereocenters. The number of imidazole rings is 1. The predicted octanol–water partition coefficient (Wildman–Crippen LogP) is 4.49. The predicted molar refractivity (Wildman–Crippen MR) is 102 cm³/mol. The highest BCUT2D eigenvalue weighted by molar-refractivity contribution is 5.77. The van der Waals surface area contributed by atoms with E-state index in [2.05, 4.69) is 20.1 Å². The molecule has 0 unspecified atom stereocenters. The minimum Gasteiger partial charge on any atom is -0.472 e. The van der Waals surface area contributed by atoms with E-state index in [0.717, 1.165) is 12.1 Å². The van der Waals surface area contributed by atoms with Crippen LogP contribution < -0.4 is 0 Å². The Morgan fingerprint density at radius 1 is 1.00 bits per heavy atom. The number of alkyl halides is 3. The van der Waals surface area contributed by atoms with Crippen LogP contribution in [0.3, 0.4) is 0 Å². The molecule has 0 aliphatic heterocycles. The maximum Gasteiger partial charge on any atom is 0.416 e. The SMILES string of the molecule is Cn1cnc2cc(-c3nc(-c4ccoc4)nn3-c3ccc(C(F)(F)F)cc3)cnc21. The van der Waals surface area contributed by atoms with Crippen LogP contribution in [0.25, 0.3) is 39.6 Å². The van der Waals surface area contributed by atoms with Crippen molar-refractivity contribution in [3.05, 3.63) is 67.0 Å². The zero-order chi connectivity index (χ0) is 20.9. The zero-order valence-electron chi connectivity index (χ0n) is 15.5. The van der Waals surface area contributed by atoms with Gasteiger partial charge in [0.2, 0.25) is 0 Å². The third kappa shape index (κ3) is 3.02. The molecule has 10 heteroatoms. The van der Waals surface area contributed by atoms with Crippen molar-refractivity contribution in [3.8, 4) is 28.5 Å². The second-order valence-electron chi connectivity index (χ2n) is 6.65. The molecule has 0 N–H and O–H groups in total. The quantitative estimate of drug-likeness (QED) is 0.438. The normalized spacial score (nSPS) is 12.0. The second-order valence-corrected chi connectivity index (χ2v) is 6.65. The van der Waals surface area contributed by atoms with Crippen LogP contribution in [0.1, 0.15) is 5.56 Å². The average molecular weight is 410 g/mol. The molecule has 0 spiro atoms. The Morgan fingerprint density at radius 2 is 1.80 bits per heavy atom. The Balaban J connectivity index is 1.67. The molecule has 30 heavy (non-hydrogen) atoms. The van der Waals surface area contributed by atoms with Gasteiger partial charge in [-0.05, 0) is 36.4 Å². The lowest BCUT2D eigenvalue weighted by Gasteiger charge is -2.09.